The van der Waals surface area contributed by atoms with E-state index in [0.29, 0.717) is 11.6 Å². The molecule has 0 spiro atoms. The summed E-state index contributed by atoms with van der Waals surface area (Å²) in [6.07, 6.45) is 7.13. The van der Waals surface area contributed by atoms with E-state index in [9.17, 15) is 9.18 Å². The van der Waals surface area contributed by atoms with Gasteiger partial charge in [0, 0.05) is 37.6 Å². The highest BCUT2D eigenvalue weighted by Crippen LogP contribution is 2.32. The van der Waals surface area contributed by atoms with Crippen LogP contribution in [0.2, 0.25) is 0 Å². The lowest BCUT2D eigenvalue weighted by atomic mass is 10.1. The van der Waals surface area contributed by atoms with Crippen molar-refractivity contribution in [2.24, 2.45) is 0 Å². The summed E-state index contributed by atoms with van der Waals surface area (Å²) in [5.74, 6) is 1.75. The average molecular weight is 579 g/mol. The summed E-state index contributed by atoms with van der Waals surface area (Å²) < 4.78 is 14.9. The smallest absolute Gasteiger partial charge is 0.234 e. The summed E-state index contributed by atoms with van der Waals surface area (Å²) in [5.41, 5.74) is 2.31. The van der Waals surface area contributed by atoms with Gasteiger partial charge < -0.3 is 20.4 Å². The Morgan fingerprint density at radius 2 is 1.45 bits per heavy atom. The van der Waals surface area contributed by atoms with E-state index in [2.05, 4.69) is 25.4 Å². The normalized spacial score (nSPS) is 15.8. The van der Waals surface area contributed by atoms with E-state index >= 15 is 0 Å². The molecule has 4 heterocycles. The Morgan fingerprint density at radius 1 is 0.825 bits per heavy atom. The topological polar surface area (TPSA) is 99.2 Å². The third kappa shape index (κ3) is 6.61. The zero-order chi connectivity index (χ0) is 27.3. The Morgan fingerprint density at radius 3 is 2.10 bits per heavy atom. The second-order valence-corrected chi connectivity index (χ2v) is 12.2. The van der Waals surface area contributed by atoms with Crippen LogP contribution in [0.25, 0.3) is 10.2 Å². The van der Waals surface area contributed by atoms with Crippen LogP contribution >= 0.6 is 23.1 Å². The average Bonchev–Trinajstić information content (AvgIpc) is 3.40. The minimum absolute atomic E-state index is 0.165. The Hall–Kier alpha value is -3.51. The van der Waals surface area contributed by atoms with Crippen LogP contribution in [0.15, 0.2) is 46.8 Å². The molecule has 0 aliphatic carbocycles. The fraction of sp³-hybridized carbons (Fsp3) is 0.393. The van der Waals surface area contributed by atoms with Gasteiger partial charge in [0.05, 0.1) is 16.0 Å². The minimum atomic E-state index is -0.337. The number of nitrogens with zero attached hydrogens (tertiary/aromatic N) is 6. The number of nitrogens with one attached hydrogen (secondary N) is 2. The molecule has 6 rings (SSSR count). The van der Waals surface area contributed by atoms with Crippen molar-refractivity contribution >= 4 is 68.4 Å². The molecule has 12 heteroatoms. The predicted octanol–water partition coefficient (Wildman–Crippen LogP) is 6.08. The number of hydrogen-bond donors (Lipinski definition) is 2. The van der Waals surface area contributed by atoms with Gasteiger partial charge in [-0.05, 0) is 81.0 Å². The number of thioether (sulfide) groups is 1. The summed E-state index contributed by atoms with van der Waals surface area (Å²) in [5, 5.41) is 6.19. The van der Waals surface area contributed by atoms with Gasteiger partial charge in [0.2, 0.25) is 23.8 Å². The fourth-order valence-corrected chi connectivity index (χ4v) is 6.82. The van der Waals surface area contributed by atoms with E-state index in [1.165, 1.54) is 48.1 Å². The second kappa shape index (κ2) is 12.3. The van der Waals surface area contributed by atoms with Crippen molar-refractivity contribution in [3.63, 3.8) is 0 Å². The first-order valence-electron chi connectivity index (χ1n) is 13.7. The number of thiazole rings is 1. The highest BCUT2D eigenvalue weighted by molar-refractivity contribution is 8.01. The van der Waals surface area contributed by atoms with Crippen molar-refractivity contribution in [3.05, 3.63) is 48.3 Å². The number of carbonyl (C=O) groups is 1. The Balaban J connectivity index is 1.16. The van der Waals surface area contributed by atoms with E-state index in [-0.39, 0.29) is 17.5 Å². The molecule has 0 saturated carbocycles. The molecular weight excluding hydrogens is 547 g/mol. The zero-order valence-corrected chi connectivity index (χ0v) is 23.7. The van der Waals surface area contributed by atoms with Crippen LogP contribution in [0, 0.1) is 5.82 Å². The maximum Gasteiger partial charge on any atom is 0.234 e. The van der Waals surface area contributed by atoms with E-state index in [4.69, 9.17) is 15.0 Å². The van der Waals surface area contributed by atoms with Gasteiger partial charge in [-0.2, -0.15) is 15.0 Å². The van der Waals surface area contributed by atoms with Crippen LogP contribution in [0.1, 0.15) is 38.5 Å². The summed E-state index contributed by atoms with van der Waals surface area (Å²) in [6.45, 7) is 3.88. The van der Waals surface area contributed by atoms with Crippen molar-refractivity contribution in [1.29, 1.82) is 0 Å². The van der Waals surface area contributed by atoms with E-state index < -0.39 is 0 Å². The first-order chi connectivity index (χ1) is 19.6. The molecule has 0 atom stereocenters. The standard InChI is InChI=1S/C28H31FN8OS2/c29-19-7-9-20(10-8-19)30-24(38)18-39-28-32-22-12-11-21(17-23(22)40-28)31-25-33-26(36-13-3-1-4-14-36)35-27(34-25)37-15-5-2-6-16-37/h7-12,17H,1-6,13-16,18H2,(H,30,38)(H,31,33,34,35). The molecule has 2 aliphatic heterocycles. The third-order valence-corrected chi connectivity index (χ3v) is 9.13. The Labute approximate surface area is 240 Å². The molecule has 0 unspecified atom stereocenters. The van der Waals surface area contributed by atoms with Gasteiger partial charge >= 0.3 is 0 Å². The number of hydrogen-bond acceptors (Lipinski definition) is 10. The third-order valence-electron chi connectivity index (χ3n) is 6.97. The summed E-state index contributed by atoms with van der Waals surface area (Å²) in [4.78, 5) is 36.0. The van der Waals surface area contributed by atoms with Crippen LogP contribution in [0.4, 0.5) is 33.6 Å². The highest BCUT2D eigenvalue weighted by Gasteiger charge is 2.20. The largest absolute Gasteiger partial charge is 0.341 e. The van der Waals surface area contributed by atoms with Gasteiger partial charge in [-0.3, -0.25) is 4.79 Å². The first-order valence-corrected chi connectivity index (χ1v) is 15.5. The van der Waals surface area contributed by atoms with Gasteiger partial charge in [0.15, 0.2) is 4.34 Å². The molecule has 208 valence electrons. The van der Waals surface area contributed by atoms with Gasteiger partial charge in [-0.1, -0.05) is 11.8 Å². The number of benzene rings is 2. The van der Waals surface area contributed by atoms with Crippen LogP contribution in [0.3, 0.4) is 0 Å². The van der Waals surface area contributed by atoms with Crippen molar-refractivity contribution < 1.29 is 9.18 Å². The lowest BCUT2D eigenvalue weighted by molar-refractivity contribution is -0.113. The number of carbonyl (C=O) groups excluding carboxylic acids is 1. The Bertz CT molecular complexity index is 1430. The molecule has 0 bridgehead atoms. The molecule has 2 aromatic carbocycles. The molecule has 2 fully saturated rings. The summed E-state index contributed by atoms with van der Waals surface area (Å²) >= 11 is 2.92. The maximum atomic E-state index is 13.1. The maximum absolute atomic E-state index is 13.1. The van der Waals surface area contributed by atoms with Crippen LogP contribution in [0.5, 0.6) is 0 Å². The van der Waals surface area contributed by atoms with Crippen LogP contribution < -0.4 is 20.4 Å². The van der Waals surface area contributed by atoms with Crippen molar-refractivity contribution in [2.75, 3.05) is 52.4 Å². The lowest BCUT2D eigenvalue weighted by Gasteiger charge is -2.30. The number of anilines is 5. The van der Waals surface area contributed by atoms with Crippen molar-refractivity contribution in [3.8, 4) is 0 Å². The van der Waals surface area contributed by atoms with Crippen molar-refractivity contribution in [1.82, 2.24) is 19.9 Å². The molecule has 9 nitrogen and oxygen atoms in total. The zero-order valence-electron chi connectivity index (χ0n) is 22.1. The lowest BCUT2D eigenvalue weighted by Crippen LogP contribution is -2.34. The van der Waals surface area contributed by atoms with Gasteiger partial charge in [-0.15, -0.1) is 11.3 Å². The van der Waals surface area contributed by atoms with E-state index in [1.807, 2.05) is 18.2 Å². The monoisotopic (exact) mass is 578 g/mol. The molecule has 0 radical (unpaired) electrons. The number of piperidine rings is 2. The SMILES string of the molecule is O=C(CSc1nc2ccc(Nc3nc(N4CCCCC4)nc(N4CCCCC4)n3)cc2s1)Nc1ccc(F)cc1. The molecule has 40 heavy (non-hydrogen) atoms. The number of halogens is 1. The summed E-state index contributed by atoms with van der Waals surface area (Å²) in [6, 6.07) is 11.7. The number of amides is 1. The van der Waals surface area contributed by atoms with Crippen LogP contribution in [-0.2, 0) is 4.79 Å². The summed E-state index contributed by atoms with van der Waals surface area (Å²) in [7, 11) is 0. The van der Waals surface area contributed by atoms with E-state index in [1.54, 1.807) is 12.1 Å². The molecule has 2 aromatic heterocycles. The quantitative estimate of drug-likeness (QED) is 0.241. The molecule has 4 aromatic rings. The van der Waals surface area contributed by atoms with Gasteiger partial charge in [0.25, 0.3) is 0 Å². The molecule has 1 amide bonds. The molecule has 2 saturated heterocycles. The number of fused-ring (bicyclic) bond motifs is 1. The van der Waals surface area contributed by atoms with Crippen molar-refractivity contribution in [2.45, 2.75) is 42.9 Å². The highest BCUT2D eigenvalue weighted by atomic mass is 32.2. The Kier molecular flexibility index (Phi) is 8.24. The molecule has 2 aliphatic rings. The van der Waals surface area contributed by atoms with Gasteiger partial charge in [0.1, 0.15) is 5.82 Å². The minimum Gasteiger partial charge on any atom is -0.341 e. The predicted molar refractivity (Wildman–Crippen MR) is 161 cm³/mol. The van der Waals surface area contributed by atoms with Crippen LogP contribution in [-0.4, -0.2) is 57.8 Å². The fourth-order valence-electron chi connectivity index (χ4n) is 4.91. The number of rotatable bonds is 8. The first kappa shape index (κ1) is 26.7. The van der Waals surface area contributed by atoms with E-state index in [0.717, 1.165) is 84.0 Å². The molecular formula is C28H31FN8OS2. The number of aromatic nitrogens is 4. The second-order valence-electron chi connectivity index (χ2n) is 9.99. The van der Waals surface area contributed by atoms with Gasteiger partial charge in [-0.25, -0.2) is 9.37 Å². The molecule has 2 N–H and O–H groups in total.